The number of halogens is 1. The van der Waals surface area contributed by atoms with E-state index in [2.05, 4.69) is 33.2 Å². The molecule has 0 spiro atoms. The molecule has 206 valence electrons. The van der Waals surface area contributed by atoms with Gasteiger partial charge in [-0.15, -0.1) is 0 Å². The fraction of sp³-hybridized carbons (Fsp3) is 0.172. The predicted molar refractivity (Wildman–Crippen MR) is 156 cm³/mol. The molecule has 10 nitrogen and oxygen atoms in total. The fourth-order valence-electron chi connectivity index (χ4n) is 3.97. The minimum Gasteiger partial charge on any atom is -0.490 e. The lowest BCUT2D eigenvalue weighted by Gasteiger charge is -2.15. The summed E-state index contributed by atoms with van der Waals surface area (Å²) in [7, 11) is 0. The maximum atomic E-state index is 13.0. The van der Waals surface area contributed by atoms with Crippen molar-refractivity contribution in [3.63, 3.8) is 0 Å². The SMILES string of the molecule is CCOc1cc(/C=C2/NC(=O)N(CC(=O)Nc3cccc(C)c3)C2=O)cc(I)c1OCc1cccc(C(=O)O)c1. The van der Waals surface area contributed by atoms with Gasteiger partial charge in [0.25, 0.3) is 5.91 Å². The van der Waals surface area contributed by atoms with Crippen LogP contribution in [0.25, 0.3) is 6.08 Å². The molecule has 1 aliphatic heterocycles. The standard InChI is InChI=1S/C29H26IN3O7/c1-3-39-24-14-19(12-22(30)26(24)40-16-18-7-5-8-20(11-18)28(36)37)13-23-27(35)33(29(38)32-23)15-25(34)31-21-9-4-6-17(2)10-21/h4-14H,3,15-16H2,1-2H3,(H,31,34)(H,32,38)(H,36,37)/b23-13+. The van der Waals surface area contributed by atoms with Crippen molar-refractivity contribution in [2.75, 3.05) is 18.5 Å². The molecule has 1 fully saturated rings. The van der Waals surface area contributed by atoms with Gasteiger partial charge in [0, 0.05) is 5.69 Å². The van der Waals surface area contributed by atoms with Gasteiger partial charge in [-0.3, -0.25) is 9.59 Å². The second-order valence-corrected chi connectivity index (χ2v) is 10.0. The topological polar surface area (TPSA) is 134 Å². The van der Waals surface area contributed by atoms with E-state index in [0.717, 1.165) is 10.5 Å². The zero-order valence-corrected chi connectivity index (χ0v) is 23.9. The van der Waals surface area contributed by atoms with Crippen molar-refractivity contribution in [3.8, 4) is 11.5 Å². The molecule has 11 heteroatoms. The molecule has 0 atom stereocenters. The van der Waals surface area contributed by atoms with Crippen LogP contribution in [0.15, 0.2) is 66.4 Å². The third-order valence-corrected chi connectivity index (χ3v) is 6.57. The number of aryl methyl sites for hydroxylation is 1. The Morgan fingerprint density at radius 1 is 1.07 bits per heavy atom. The normalized spacial score (nSPS) is 13.8. The highest BCUT2D eigenvalue weighted by Crippen LogP contribution is 2.36. The highest BCUT2D eigenvalue weighted by molar-refractivity contribution is 14.1. The predicted octanol–water partition coefficient (Wildman–Crippen LogP) is 4.81. The fourth-order valence-corrected chi connectivity index (χ4v) is 4.75. The van der Waals surface area contributed by atoms with Gasteiger partial charge >= 0.3 is 12.0 Å². The Balaban J connectivity index is 1.49. The first-order chi connectivity index (χ1) is 19.1. The summed E-state index contributed by atoms with van der Waals surface area (Å²) in [5, 5.41) is 14.4. The van der Waals surface area contributed by atoms with Crippen molar-refractivity contribution in [2.24, 2.45) is 0 Å². The van der Waals surface area contributed by atoms with Crippen molar-refractivity contribution < 1.29 is 33.8 Å². The molecule has 1 aliphatic rings. The molecule has 0 bridgehead atoms. The molecule has 3 N–H and O–H groups in total. The largest absolute Gasteiger partial charge is 0.490 e. The van der Waals surface area contributed by atoms with Gasteiger partial charge in [-0.25, -0.2) is 14.5 Å². The number of ether oxygens (including phenoxy) is 2. The highest BCUT2D eigenvalue weighted by atomic mass is 127. The van der Waals surface area contributed by atoms with Crippen LogP contribution in [-0.2, 0) is 16.2 Å². The van der Waals surface area contributed by atoms with Crippen molar-refractivity contribution in [1.29, 1.82) is 0 Å². The first kappa shape index (κ1) is 28.6. The minimum absolute atomic E-state index is 0.0192. The monoisotopic (exact) mass is 655 g/mol. The van der Waals surface area contributed by atoms with Gasteiger partial charge in [-0.2, -0.15) is 0 Å². The second-order valence-electron chi connectivity index (χ2n) is 8.85. The number of benzene rings is 3. The number of anilines is 1. The van der Waals surface area contributed by atoms with E-state index in [1.165, 1.54) is 18.2 Å². The number of carbonyl (C=O) groups excluding carboxylic acids is 3. The summed E-state index contributed by atoms with van der Waals surface area (Å²) in [4.78, 5) is 50.0. The first-order valence-corrected chi connectivity index (χ1v) is 13.3. The number of hydrogen-bond donors (Lipinski definition) is 3. The number of hydrogen-bond acceptors (Lipinski definition) is 6. The zero-order chi connectivity index (χ0) is 28.8. The summed E-state index contributed by atoms with van der Waals surface area (Å²) < 4.78 is 12.4. The Hall–Kier alpha value is -4.39. The smallest absolute Gasteiger partial charge is 0.335 e. The molecule has 1 saturated heterocycles. The van der Waals surface area contributed by atoms with E-state index < -0.39 is 30.4 Å². The average molecular weight is 655 g/mol. The summed E-state index contributed by atoms with van der Waals surface area (Å²) in [5.74, 6) is -1.28. The average Bonchev–Trinajstić information content (AvgIpc) is 3.15. The number of carboxylic acid groups (broad SMARTS) is 1. The summed E-state index contributed by atoms with van der Waals surface area (Å²) in [6.45, 7) is 3.74. The molecule has 0 unspecified atom stereocenters. The zero-order valence-electron chi connectivity index (χ0n) is 21.7. The number of nitrogens with zero attached hydrogens (tertiary/aromatic N) is 1. The van der Waals surface area contributed by atoms with E-state index in [4.69, 9.17) is 9.47 Å². The molecular weight excluding hydrogens is 629 g/mol. The number of imide groups is 1. The summed E-state index contributed by atoms with van der Waals surface area (Å²) in [6.07, 6.45) is 1.50. The van der Waals surface area contributed by atoms with Crippen molar-refractivity contribution >= 4 is 58.2 Å². The number of urea groups is 1. The first-order valence-electron chi connectivity index (χ1n) is 12.3. The maximum absolute atomic E-state index is 13.0. The summed E-state index contributed by atoms with van der Waals surface area (Å²) in [5.41, 5.74) is 2.96. The van der Waals surface area contributed by atoms with Crippen LogP contribution >= 0.6 is 22.6 Å². The Labute approximate surface area is 244 Å². The van der Waals surface area contributed by atoms with E-state index in [0.29, 0.717) is 38.5 Å². The third kappa shape index (κ3) is 6.97. The molecular formula is C29H26IN3O7. The summed E-state index contributed by atoms with van der Waals surface area (Å²) >= 11 is 2.08. The van der Waals surface area contributed by atoms with E-state index in [-0.39, 0.29) is 17.9 Å². The van der Waals surface area contributed by atoms with E-state index in [9.17, 15) is 24.3 Å². The third-order valence-electron chi connectivity index (χ3n) is 5.77. The molecule has 3 aromatic rings. The van der Waals surface area contributed by atoms with Crippen LogP contribution in [0.2, 0.25) is 0 Å². The molecule has 3 aromatic carbocycles. The highest BCUT2D eigenvalue weighted by Gasteiger charge is 2.35. The number of rotatable bonds is 10. The van der Waals surface area contributed by atoms with Crippen LogP contribution in [0.3, 0.4) is 0 Å². The molecule has 1 heterocycles. The number of nitrogens with one attached hydrogen (secondary N) is 2. The van der Waals surface area contributed by atoms with Gasteiger partial charge in [0.15, 0.2) is 11.5 Å². The lowest BCUT2D eigenvalue weighted by atomic mass is 10.1. The van der Waals surface area contributed by atoms with Gasteiger partial charge in [-0.05, 0) is 95.6 Å². The molecule has 0 radical (unpaired) electrons. The van der Waals surface area contributed by atoms with Gasteiger partial charge < -0.3 is 25.2 Å². The Morgan fingerprint density at radius 2 is 1.85 bits per heavy atom. The van der Waals surface area contributed by atoms with Gasteiger partial charge in [0.2, 0.25) is 5.91 Å². The molecule has 0 aromatic heterocycles. The Bertz CT molecular complexity index is 1520. The molecule has 0 saturated carbocycles. The quantitative estimate of drug-likeness (QED) is 0.162. The summed E-state index contributed by atoms with van der Waals surface area (Å²) in [6, 6.07) is 16.4. The number of carbonyl (C=O) groups is 4. The maximum Gasteiger partial charge on any atom is 0.335 e. The van der Waals surface area contributed by atoms with Crippen LogP contribution in [0.1, 0.15) is 34.0 Å². The van der Waals surface area contributed by atoms with Gasteiger partial charge in [0.1, 0.15) is 18.8 Å². The number of amides is 4. The van der Waals surface area contributed by atoms with Gasteiger partial charge in [0.05, 0.1) is 15.7 Å². The van der Waals surface area contributed by atoms with Crippen molar-refractivity contribution in [3.05, 3.63) is 92.2 Å². The minimum atomic E-state index is -1.03. The second kappa shape index (κ2) is 12.6. The molecule has 4 amide bonds. The number of carboxylic acids is 1. The Morgan fingerprint density at radius 3 is 2.58 bits per heavy atom. The van der Waals surface area contributed by atoms with Crippen LogP contribution in [0, 0.1) is 10.5 Å². The lowest BCUT2D eigenvalue weighted by molar-refractivity contribution is -0.127. The van der Waals surface area contributed by atoms with E-state index >= 15 is 0 Å². The van der Waals surface area contributed by atoms with Crippen LogP contribution in [0.5, 0.6) is 11.5 Å². The van der Waals surface area contributed by atoms with Crippen molar-refractivity contribution in [2.45, 2.75) is 20.5 Å². The number of aromatic carboxylic acids is 1. The lowest BCUT2D eigenvalue weighted by Crippen LogP contribution is -2.38. The molecule has 40 heavy (non-hydrogen) atoms. The Kier molecular flexibility index (Phi) is 9.04. The van der Waals surface area contributed by atoms with Crippen LogP contribution in [0.4, 0.5) is 10.5 Å². The molecule has 0 aliphatic carbocycles. The van der Waals surface area contributed by atoms with Gasteiger partial charge in [-0.1, -0.05) is 24.3 Å². The molecule has 4 rings (SSSR count). The van der Waals surface area contributed by atoms with Crippen molar-refractivity contribution in [1.82, 2.24) is 10.2 Å². The van der Waals surface area contributed by atoms with E-state index in [1.54, 1.807) is 42.5 Å². The van der Waals surface area contributed by atoms with Crippen LogP contribution in [-0.4, -0.2) is 47.0 Å². The van der Waals surface area contributed by atoms with Crippen LogP contribution < -0.4 is 20.1 Å². The van der Waals surface area contributed by atoms with E-state index in [1.807, 2.05) is 19.9 Å².